The van der Waals surface area contributed by atoms with Gasteiger partial charge in [-0.15, -0.1) is 0 Å². The molecule has 0 aliphatic rings. The van der Waals surface area contributed by atoms with Crippen molar-refractivity contribution in [2.45, 2.75) is 20.3 Å². The summed E-state index contributed by atoms with van der Waals surface area (Å²) in [4.78, 5) is 24.0. The number of nitrogens with zero attached hydrogens (tertiary/aromatic N) is 1. The molecule has 0 radical (unpaired) electrons. The van der Waals surface area contributed by atoms with Crippen molar-refractivity contribution in [1.82, 2.24) is 10.2 Å². The Morgan fingerprint density at radius 2 is 1.70 bits per heavy atom. The van der Waals surface area contributed by atoms with Crippen molar-refractivity contribution in [3.63, 3.8) is 0 Å². The molecule has 2 aromatic carbocycles. The Balaban J connectivity index is 1.90. The minimum absolute atomic E-state index is 0.00886. The summed E-state index contributed by atoms with van der Waals surface area (Å²) in [5.74, 6) is 0.165. The molecule has 0 fully saturated rings. The van der Waals surface area contributed by atoms with Crippen LogP contribution in [0.4, 0.5) is 0 Å². The summed E-state index contributed by atoms with van der Waals surface area (Å²) in [6.45, 7) is 3.78. The van der Waals surface area contributed by atoms with E-state index in [0.29, 0.717) is 22.2 Å². The molecule has 1 N–H and O–H groups in total. The highest BCUT2D eigenvalue weighted by atomic mass is 16.5. The normalized spacial score (nSPS) is 10.7. The Labute approximate surface area is 132 Å². The average molecular weight is 308 g/mol. The van der Waals surface area contributed by atoms with E-state index in [2.05, 4.69) is 10.2 Å². The second-order valence-corrected chi connectivity index (χ2v) is 5.42. The second kappa shape index (κ2) is 6.04. The number of rotatable bonds is 3. The third kappa shape index (κ3) is 2.99. The first kappa shape index (κ1) is 15.0. The molecule has 0 saturated carbocycles. The Bertz CT molecular complexity index is 924. The summed E-state index contributed by atoms with van der Waals surface area (Å²) in [5.41, 5.74) is 2.03. The molecule has 0 saturated heterocycles. The van der Waals surface area contributed by atoms with E-state index in [9.17, 15) is 9.59 Å². The SMILES string of the molecule is Cc1cccc(C)c1OC(=O)Cc1n[nH]c(=O)c2ccccc12. The van der Waals surface area contributed by atoms with Crippen LogP contribution in [-0.4, -0.2) is 16.2 Å². The maximum atomic E-state index is 12.3. The van der Waals surface area contributed by atoms with Crippen LogP contribution in [-0.2, 0) is 11.2 Å². The molecule has 1 heterocycles. The molecule has 0 aliphatic heterocycles. The standard InChI is InChI=1S/C18H16N2O3/c1-11-6-5-7-12(2)17(11)23-16(21)10-15-13-8-3-4-9-14(13)18(22)20-19-15/h3-9H,10H2,1-2H3,(H,20,22). The van der Waals surface area contributed by atoms with Crippen LogP contribution in [0, 0.1) is 13.8 Å². The van der Waals surface area contributed by atoms with Gasteiger partial charge in [0.15, 0.2) is 0 Å². The number of fused-ring (bicyclic) bond motifs is 1. The number of ether oxygens (including phenoxy) is 1. The molecule has 0 bridgehead atoms. The number of H-pyrrole nitrogens is 1. The fourth-order valence-electron chi connectivity index (χ4n) is 2.55. The van der Waals surface area contributed by atoms with E-state index in [1.54, 1.807) is 18.2 Å². The number of hydrogen-bond donors (Lipinski definition) is 1. The van der Waals surface area contributed by atoms with E-state index in [1.807, 2.05) is 38.1 Å². The third-order valence-electron chi connectivity index (χ3n) is 3.71. The quantitative estimate of drug-likeness (QED) is 0.596. The Kier molecular flexibility index (Phi) is 3.93. The summed E-state index contributed by atoms with van der Waals surface area (Å²) in [6.07, 6.45) is -0.00886. The maximum Gasteiger partial charge on any atom is 0.317 e. The van der Waals surface area contributed by atoms with Gasteiger partial charge in [0, 0.05) is 5.39 Å². The minimum Gasteiger partial charge on any atom is -0.426 e. The topological polar surface area (TPSA) is 72.0 Å². The minimum atomic E-state index is -0.410. The first-order valence-electron chi connectivity index (χ1n) is 7.29. The van der Waals surface area contributed by atoms with Gasteiger partial charge in [0.05, 0.1) is 17.5 Å². The molecule has 0 amide bonds. The fourth-order valence-corrected chi connectivity index (χ4v) is 2.55. The van der Waals surface area contributed by atoms with E-state index in [0.717, 1.165) is 11.1 Å². The summed E-state index contributed by atoms with van der Waals surface area (Å²) >= 11 is 0. The van der Waals surface area contributed by atoms with Gasteiger partial charge in [-0.2, -0.15) is 5.10 Å². The van der Waals surface area contributed by atoms with E-state index in [-0.39, 0.29) is 12.0 Å². The summed E-state index contributed by atoms with van der Waals surface area (Å²) in [7, 11) is 0. The lowest BCUT2D eigenvalue weighted by Crippen LogP contribution is -2.17. The number of aryl methyl sites for hydroxylation is 2. The van der Waals surface area contributed by atoms with Gasteiger partial charge < -0.3 is 4.74 Å². The Hall–Kier alpha value is -2.95. The van der Waals surface area contributed by atoms with Gasteiger partial charge in [-0.05, 0) is 31.0 Å². The van der Waals surface area contributed by atoms with Crippen LogP contribution in [0.25, 0.3) is 10.8 Å². The van der Waals surface area contributed by atoms with Gasteiger partial charge >= 0.3 is 5.97 Å². The van der Waals surface area contributed by atoms with Crippen LogP contribution < -0.4 is 10.3 Å². The monoisotopic (exact) mass is 308 g/mol. The summed E-state index contributed by atoms with van der Waals surface area (Å²) in [6, 6.07) is 12.8. The number of aromatic amines is 1. The Morgan fingerprint density at radius 3 is 2.39 bits per heavy atom. The summed E-state index contributed by atoms with van der Waals surface area (Å²) < 4.78 is 5.49. The van der Waals surface area contributed by atoms with Crippen molar-refractivity contribution in [3.8, 4) is 5.75 Å². The highest BCUT2D eigenvalue weighted by molar-refractivity contribution is 5.87. The lowest BCUT2D eigenvalue weighted by atomic mass is 10.1. The predicted molar refractivity (Wildman–Crippen MR) is 87.6 cm³/mol. The number of para-hydroxylation sites is 1. The lowest BCUT2D eigenvalue weighted by molar-refractivity contribution is -0.133. The zero-order valence-corrected chi connectivity index (χ0v) is 12.9. The summed E-state index contributed by atoms with van der Waals surface area (Å²) in [5, 5.41) is 7.59. The number of benzene rings is 2. The lowest BCUT2D eigenvalue weighted by Gasteiger charge is -2.10. The molecule has 23 heavy (non-hydrogen) atoms. The fraction of sp³-hybridized carbons (Fsp3) is 0.167. The second-order valence-electron chi connectivity index (χ2n) is 5.42. The molecule has 0 spiro atoms. The van der Waals surface area contributed by atoms with Crippen LogP contribution in [0.2, 0.25) is 0 Å². The first-order chi connectivity index (χ1) is 11.1. The molecule has 5 heteroatoms. The van der Waals surface area contributed by atoms with Crippen molar-refractivity contribution in [2.75, 3.05) is 0 Å². The van der Waals surface area contributed by atoms with Gasteiger partial charge in [-0.3, -0.25) is 9.59 Å². The predicted octanol–water partition coefficient (Wildman–Crippen LogP) is 2.69. The number of aromatic nitrogens is 2. The first-order valence-corrected chi connectivity index (χ1v) is 7.29. The van der Waals surface area contributed by atoms with Crippen LogP contribution in [0.5, 0.6) is 5.75 Å². The highest BCUT2D eigenvalue weighted by Gasteiger charge is 2.14. The molecule has 116 valence electrons. The van der Waals surface area contributed by atoms with Crippen molar-refractivity contribution in [2.24, 2.45) is 0 Å². The number of carbonyl (C=O) groups is 1. The maximum absolute atomic E-state index is 12.3. The molecule has 3 rings (SSSR count). The van der Waals surface area contributed by atoms with Gasteiger partial charge in [-0.1, -0.05) is 36.4 Å². The Morgan fingerprint density at radius 1 is 1.04 bits per heavy atom. The van der Waals surface area contributed by atoms with Crippen LogP contribution in [0.3, 0.4) is 0 Å². The smallest absolute Gasteiger partial charge is 0.317 e. The van der Waals surface area contributed by atoms with Crippen molar-refractivity contribution in [1.29, 1.82) is 0 Å². The number of hydrogen-bond acceptors (Lipinski definition) is 4. The van der Waals surface area contributed by atoms with E-state index in [4.69, 9.17) is 4.74 Å². The van der Waals surface area contributed by atoms with Crippen molar-refractivity contribution < 1.29 is 9.53 Å². The van der Waals surface area contributed by atoms with E-state index < -0.39 is 5.97 Å². The third-order valence-corrected chi connectivity index (χ3v) is 3.71. The number of esters is 1. The molecule has 0 aliphatic carbocycles. The number of nitrogens with one attached hydrogen (secondary N) is 1. The van der Waals surface area contributed by atoms with Gasteiger partial charge in [0.2, 0.25) is 0 Å². The molecular weight excluding hydrogens is 292 g/mol. The van der Waals surface area contributed by atoms with Gasteiger partial charge in [0.25, 0.3) is 5.56 Å². The number of carbonyl (C=O) groups excluding carboxylic acids is 1. The highest BCUT2D eigenvalue weighted by Crippen LogP contribution is 2.23. The zero-order chi connectivity index (χ0) is 16.4. The van der Waals surface area contributed by atoms with Crippen molar-refractivity contribution >= 4 is 16.7 Å². The van der Waals surface area contributed by atoms with Gasteiger partial charge in [-0.25, -0.2) is 5.10 Å². The van der Waals surface area contributed by atoms with Crippen LogP contribution in [0.1, 0.15) is 16.8 Å². The molecular formula is C18H16N2O3. The largest absolute Gasteiger partial charge is 0.426 e. The average Bonchev–Trinajstić information content (AvgIpc) is 2.54. The van der Waals surface area contributed by atoms with E-state index in [1.165, 1.54) is 0 Å². The van der Waals surface area contributed by atoms with Crippen LogP contribution >= 0.6 is 0 Å². The molecule has 3 aromatic rings. The molecule has 0 unspecified atom stereocenters. The molecule has 0 atom stereocenters. The molecule has 1 aromatic heterocycles. The van der Waals surface area contributed by atoms with Crippen LogP contribution in [0.15, 0.2) is 47.3 Å². The zero-order valence-electron chi connectivity index (χ0n) is 12.9. The van der Waals surface area contributed by atoms with E-state index >= 15 is 0 Å². The van der Waals surface area contributed by atoms with Gasteiger partial charge in [0.1, 0.15) is 5.75 Å². The molecule has 5 nitrogen and oxygen atoms in total. The van der Waals surface area contributed by atoms with Crippen molar-refractivity contribution in [3.05, 3.63) is 69.6 Å².